The van der Waals surface area contributed by atoms with E-state index in [1.54, 1.807) is 12.1 Å². The van der Waals surface area contributed by atoms with E-state index in [1.165, 1.54) is 6.07 Å². The number of hydrogen-bond acceptors (Lipinski definition) is 3. The summed E-state index contributed by atoms with van der Waals surface area (Å²) in [4.78, 5) is 11.7. The van der Waals surface area contributed by atoms with Gasteiger partial charge in [-0.25, -0.2) is 4.68 Å². The Balaban J connectivity index is 1.96. The number of primary amides is 1. The summed E-state index contributed by atoms with van der Waals surface area (Å²) in [5, 5.41) is 7.84. The van der Waals surface area contributed by atoms with Crippen molar-refractivity contribution < 1.29 is 11.6 Å². The fourth-order valence-corrected chi connectivity index (χ4v) is 3.01. The van der Waals surface area contributed by atoms with Crippen molar-refractivity contribution in [3.63, 3.8) is 0 Å². The van der Waals surface area contributed by atoms with Crippen LogP contribution in [0.5, 0.6) is 0 Å². The maximum Gasteiger partial charge on any atom is 0.250 e. The van der Waals surface area contributed by atoms with E-state index in [2.05, 4.69) is 10.4 Å². The zero-order valence-corrected chi connectivity index (χ0v) is 13.0. The van der Waals surface area contributed by atoms with Crippen LogP contribution < -0.4 is 11.1 Å². The van der Waals surface area contributed by atoms with Gasteiger partial charge in [0.1, 0.15) is 5.52 Å². The first kappa shape index (κ1) is 10.3. The predicted molar refractivity (Wildman–Crippen MR) is 94.4 cm³/mol. The number of piperidine rings is 1. The molecule has 0 radical (unpaired) electrons. The average Bonchev–Trinajstić information content (AvgIpc) is 3.04. The number of nitrogens with one attached hydrogen (secondary N) is 1. The number of hydrogen-bond donors (Lipinski definition) is 2. The molecule has 3 N–H and O–H groups in total. The molecule has 0 spiro atoms. The van der Waals surface area contributed by atoms with Crippen molar-refractivity contribution in [2.45, 2.75) is 18.8 Å². The largest absolute Gasteiger partial charge is 0.366 e. The minimum atomic E-state index is -0.694. The smallest absolute Gasteiger partial charge is 0.250 e. The minimum absolute atomic E-state index is 0.0976. The van der Waals surface area contributed by atoms with Gasteiger partial charge in [0.25, 0.3) is 5.91 Å². The van der Waals surface area contributed by atoms with Crippen LogP contribution in [0.1, 0.15) is 41.5 Å². The van der Waals surface area contributed by atoms with E-state index in [0.717, 1.165) is 24.1 Å². The first-order chi connectivity index (χ1) is 13.8. The Bertz CT molecular complexity index is 1110. The summed E-state index contributed by atoms with van der Waals surface area (Å²) in [5.74, 6) is -0.792. The highest BCUT2D eigenvalue weighted by Crippen LogP contribution is 2.25. The molecule has 1 amide bonds. The molecule has 1 saturated heterocycles. The summed E-state index contributed by atoms with van der Waals surface area (Å²) in [6, 6.07) is 3.93. The Morgan fingerprint density at radius 3 is 2.88 bits per heavy atom. The number of nitrogens with two attached hydrogens (primary N) is 1. The van der Waals surface area contributed by atoms with Crippen molar-refractivity contribution in [3.05, 3.63) is 59.7 Å². The van der Waals surface area contributed by atoms with Crippen LogP contribution >= 0.6 is 0 Å². The first-order valence-corrected chi connectivity index (χ1v) is 7.92. The Morgan fingerprint density at radius 2 is 2.17 bits per heavy atom. The molecule has 0 aliphatic carbocycles. The first-order valence-electron chi connectivity index (χ1n) is 10.4. The maximum absolute atomic E-state index is 11.7. The normalized spacial score (nSPS) is 20.8. The standard InChI is InChI=1S/C19H20N4O/c20-19(24)17-5-1-3-15-12-23(22-18(15)17)16-8-6-13(7-9-16)14-4-2-10-21-11-14/h1,3,5-9,12,14,21H,2,4,10-11H2,(H2,20,24)/t14-/m0/s1/i6D,7D,8D,9D,12D. The fourth-order valence-electron chi connectivity index (χ4n) is 3.01. The van der Waals surface area contributed by atoms with E-state index in [-0.39, 0.29) is 53.0 Å². The zero-order chi connectivity index (χ0) is 20.9. The van der Waals surface area contributed by atoms with Crippen molar-refractivity contribution in [1.29, 1.82) is 0 Å². The van der Waals surface area contributed by atoms with E-state index < -0.39 is 5.91 Å². The highest BCUT2D eigenvalue weighted by atomic mass is 16.1. The van der Waals surface area contributed by atoms with E-state index in [4.69, 9.17) is 12.6 Å². The van der Waals surface area contributed by atoms with Gasteiger partial charge < -0.3 is 11.1 Å². The number of fused-ring (bicyclic) bond motifs is 1. The van der Waals surface area contributed by atoms with Crippen molar-refractivity contribution in [2.24, 2.45) is 5.73 Å². The molecule has 24 heavy (non-hydrogen) atoms. The van der Waals surface area contributed by atoms with Gasteiger partial charge >= 0.3 is 0 Å². The molecule has 122 valence electrons. The molecule has 4 rings (SSSR count). The number of nitrogens with zero attached hydrogens (tertiary/aromatic N) is 2. The van der Waals surface area contributed by atoms with E-state index in [1.807, 2.05) is 0 Å². The van der Waals surface area contributed by atoms with Crippen molar-refractivity contribution in [3.8, 4) is 5.69 Å². The van der Waals surface area contributed by atoms with Crippen LogP contribution in [0.25, 0.3) is 16.6 Å². The third-order valence-electron chi connectivity index (χ3n) is 4.28. The molecule has 0 bridgehead atoms. The topological polar surface area (TPSA) is 72.9 Å². The fraction of sp³-hybridized carbons (Fsp3) is 0.263. The van der Waals surface area contributed by atoms with Gasteiger partial charge in [-0.15, -0.1) is 0 Å². The summed E-state index contributed by atoms with van der Waals surface area (Å²) >= 11 is 0. The molecule has 1 aliphatic heterocycles. The van der Waals surface area contributed by atoms with Crippen LogP contribution in [-0.4, -0.2) is 28.8 Å². The highest BCUT2D eigenvalue weighted by Gasteiger charge is 2.15. The second-order valence-corrected chi connectivity index (χ2v) is 5.90. The summed E-state index contributed by atoms with van der Waals surface area (Å²) in [5.41, 5.74) is 6.01. The van der Waals surface area contributed by atoms with Gasteiger partial charge in [0.15, 0.2) is 0 Å². The molecule has 2 heterocycles. The Labute approximate surface area is 147 Å². The van der Waals surface area contributed by atoms with E-state index >= 15 is 0 Å². The van der Waals surface area contributed by atoms with Gasteiger partial charge in [-0.1, -0.05) is 24.2 Å². The average molecular weight is 325 g/mol. The number of amides is 1. The van der Waals surface area contributed by atoms with Crippen molar-refractivity contribution >= 4 is 16.8 Å². The summed E-state index contributed by atoms with van der Waals surface area (Å²) < 4.78 is 43.4. The Hall–Kier alpha value is -2.66. The van der Waals surface area contributed by atoms with Gasteiger partial charge in [-0.2, -0.15) is 5.10 Å². The molecule has 1 aliphatic rings. The molecule has 2 aromatic carbocycles. The minimum Gasteiger partial charge on any atom is -0.366 e. The molecule has 0 unspecified atom stereocenters. The number of aromatic nitrogens is 2. The van der Waals surface area contributed by atoms with Crippen LogP contribution in [-0.2, 0) is 0 Å². The predicted octanol–water partition coefficient (Wildman–Crippen LogP) is 2.59. The molecular formula is C19H20N4O. The van der Waals surface area contributed by atoms with Crippen LogP contribution in [0, 0.1) is 0 Å². The Kier molecular flexibility index (Phi) is 2.60. The van der Waals surface area contributed by atoms with Crippen molar-refractivity contribution in [2.75, 3.05) is 13.1 Å². The van der Waals surface area contributed by atoms with Crippen LogP contribution in [0.2, 0.25) is 0 Å². The molecule has 1 fully saturated rings. The van der Waals surface area contributed by atoms with Gasteiger partial charge in [-0.05, 0) is 49.0 Å². The molecule has 0 saturated carbocycles. The number of carbonyl (C=O) groups is 1. The molecule has 1 aromatic heterocycles. The van der Waals surface area contributed by atoms with Crippen LogP contribution in [0.3, 0.4) is 0 Å². The number of benzene rings is 2. The lowest BCUT2D eigenvalue weighted by Gasteiger charge is -2.23. The second-order valence-electron chi connectivity index (χ2n) is 5.90. The van der Waals surface area contributed by atoms with E-state index in [0.29, 0.717) is 17.5 Å². The van der Waals surface area contributed by atoms with Crippen LogP contribution in [0.4, 0.5) is 0 Å². The summed E-state index contributed by atoms with van der Waals surface area (Å²) in [6.07, 6.45) is 1.57. The van der Waals surface area contributed by atoms with Crippen LogP contribution in [0.15, 0.2) is 48.5 Å². The van der Waals surface area contributed by atoms with Gasteiger partial charge in [0, 0.05) is 18.1 Å². The molecule has 3 aromatic rings. The molecule has 5 nitrogen and oxygen atoms in total. The SMILES string of the molecule is [2H]c1c([2H])c(-n2nc3c(C(N)=O)cccc3c2[2H])c([2H])c([2H])c1[C@H]1CCCNC1. The van der Waals surface area contributed by atoms with Gasteiger partial charge in [0.2, 0.25) is 0 Å². The van der Waals surface area contributed by atoms with Crippen molar-refractivity contribution in [1.82, 2.24) is 15.1 Å². The van der Waals surface area contributed by atoms with Gasteiger partial charge in [0.05, 0.1) is 18.1 Å². The third-order valence-corrected chi connectivity index (χ3v) is 4.28. The number of rotatable bonds is 3. The van der Waals surface area contributed by atoms with Gasteiger partial charge in [-0.3, -0.25) is 4.79 Å². The number of carbonyl (C=O) groups excluding carboxylic acids is 1. The lowest BCUT2D eigenvalue weighted by Crippen LogP contribution is -2.28. The third kappa shape index (κ3) is 2.67. The lowest BCUT2D eigenvalue weighted by molar-refractivity contribution is 0.100. The summed E-state index contributed by atoms with van der Waals surface area (Å²) in [7, 11) is 0. The monoisotopic (exact) mass is 325 g/mol. The lowest BCUT2D eigenvalue weighted by atomic mass is 9.92. The molecule has 1 atom stereocenters. The quantitative estimate of drug-likeness (QED) is 0.777. The molecular weight excluding hydrogens is 300 g/mol. The Morgan fingerprint density at radius 1 is 1.33 bits per heavy atom. The highest BCUT2D eigenvalue weighted by molar-refractivity contribution is 6.04. The molecule has 5 heteroatoms. The van der Waals surface area contributed by atoms with E-state index in [9.17, 15) is 4.79 Å². The maximum atomic E-state index is 11.7. The second kappa shape index (κ2) is 6.09. The summed E-state index contributed by atoms with van der Waals surface area (Å²) in [6.45, 7) is 1.48. The zero-order valence-electron chi connectivity index (χ0n) is 18.0.